The van der Waals surface area contributed by atoms with E-state index in [2.05, 4.69) is 54.8 Å². The van der Waals surface area contributed by atoms with Gasteiger partial charge >= 0.3 is 0 Å². The number of thiophene rings is 1. The Labute approximate surface area is 169 Å². The topological polar surface area (TPSA) is 39.7 Å². The molecule has 1 fully saturated rings. The Morgan fingerprint density at radius 3 is 2.74 bits per heavy atom. The van der Waals surface area contributed by atoms with Crippen molar-refractivity contribution in [1.82, 2.24) is 15.5 Å². The van der Waals surface area contributed by atoms with Gasteiger partial charge in [0.2, 0.25) is 0 Å². The molecule has 2 heterocycles. The molecular formula is C16H28BrIN4S. The molecule has 4 nitrogen and oxygen atoms in total. The van der Waals surface area contributed by atoms with Crippen LogP contribution in [-0.2, 0) is 6.54 Å². The number of hydrogen-bond donors (Lipinski definition) is 2. The summed E-state index contributed by atoms with van der Waals surface area (Å²) < 4.78 is 1.15. The highest BCUT2D eigenvalue weighted by Crippen LogP contribution is 2.19. The third kappa shape index (κ3) is 8.18. The average molecular weight is 515 g/mol. The van der Waals surface area contributed by atoms with Gasteiger partial charge in [0.1, 0.15) is 0 Å². The SMILES string of the molecule is CN=C(NCCCN1CCC(C)CC1)NCc1cc(Br)cs1.I. The van der Waals surface area contributed by atoms with E-state index < -0.39 is 0 Å². The maximum Gasteiger partial charge on any atom is 0.191 e. The van der Waals surface area contributed by atoms with Gasteiger partial charge in [-0.3, -0.25) is 4.99 Å². The monoisotopic (exact) mass is 514 g/mol. The first-order chi connectivity index (χ1) is 10.7. The van der Waals surface area contributed by atoms with Gasteiger partial charge in [-0.15, -0.1) is 35.3 Å². The van der Waals surface area contributed by atoms with Crippen molar-refractivity contribution in [2.45, 2.75) is 32.7 Å². The van der Waals surface area contributed by atoms with Crippen molar-refractivity contribution in [1.29, 1.82) is 0 Å². The molecule has 0 unspecified atom stereocenters. The number of hydrogen-bond acceptors (Lipinski definition) is 3. The largest absolute Gasteiger partial charge is 0.356 e. The highest BCUT2D eigenvalue weighted by molar-refractivity contribution is 14.0. The molecule has 132 valence electrons. The van der Waals surface area contributed by atoms with E-state index in [0.717, 1.165) is 29.4 Å². The summed E-state index contributed by atoms with van der Waals surface area (Å²) in [5.41, 5.74) is 0. The van der Waals surface area contributed by atoms with E-state index in [4.69, 9.17) is 0 Å². The number of guanidine groups is 1. The lowest BCUT2D eigenvalue weighted by Crippen LogP contribution is -2.39. The number of aliphatic imine (C=N–C) groups is 1. The van der Waals surface area contributed by atoms with Crippen LogP contribution in [0, 0.1) is 5.92 Å². The Morgan fingerprint density at radius 1 is 1.39 bits per heavy atom. The fraction of sp³-hybridized carbons (Fsp3) is 0.688. The summed E-state index contributed by atoms with van der Waals surface area (Å²) >= 11 is 5.23. The minimum Gasteiger partial charge on any atom is -0.356 e. The Morgan fingerprint density at radius 2 is 2.13 bits per heavy atom. The third-order valence-corrected chi connectivity index (χ3v) is 5.79. The molecule has 0 amide bonds. The summed E-state index contributed by atoms with van der Waals surface area (Å²) in [6.07, 6.45) is 3.87. The van der Waals surface area contributed by atoms with Crippen LogP contribution in [0.3, 0.4) is 0 Å². The van der Waals surface area contributed by atoms with Gasteiger partial charge in [0, 0.05) is 28.3 Å². The van der Waals surface area contributed by atoms with Crippen LogP contribution in [-0.4, -0.2) is 44.1 Å². The van der Waals surface area contributed by atoms with Gasteiger partial charge < -0.3 is 15.5 Å². The lowest BCUT2D eigenvalue weighted by atomic mass is 9.99. The number of likely N-dealkylation sites (tertiary alicyclic amines) is 1. The Balaban J connectivity index is 0.00000264. The smallest absolute Gasteiger partial charge is 0.191 e. The molecule has 23 heavy (non-hydrogen) atoms. The summed E-state index contributed by atoms with van der Waals surface area (Å²) in [6.45, 7) is 7.87. The number of nitrogens with zero attached hydrogens (tertiary/aromatic N) is 2. The molecule has 1 aliphatic rings. The maximum atomic E-state index is 4.28. The number of rotatable bonds is 6. The normalized spacial score (nSPS) is 16.9. The molecule has 0 bridgehead atoms. The summed E-state index contributed by atoms with van der Waals surface area (Å²) in [5.74, 6) is 1.80. The van der Waals surface area contributed by atoms with Gasteiger partial charge in [0.15, 0.2) is 5.96 Å². The molecule has 1 aromatic heterocycles. The van der Waals surface area contributed by atoms with E-state index in [0.29, 0.717) is 0 Å². The molecule has 2 rings (SSSR count). The Hall–Kier alpha value is 0.140. The van der Waals surface area contributed by atoms with Gasteiger partial charge in [0.25, 0.3) is 0 Å². The lowest BCUT2D eigenvalue weighted by Gasteiger charge is -2.30. The second kappa shape index (κ2) is 11.7. The van der Waals surface area contributed by atoms with Crippen LogP contribution in [0.2, 0.25) is 0 Å². The van der Waals surface area contributed by atoms with E-state index in [9.17, 15) is 0 Å². The molecule has 0 atom stereocenters. The average Bonchev–Trinajstić information content (AvgIpc) is 2.94. The summed E-state index contributed by atoms with van der Waals surface area (Å²) in [7, 11) is 1.83. The number of nitrogens with one attached hydrogen (secondary N) is 2. The van der Waals surface area contributed by atoms with Crippen LogP contribution in [0.5, 0.6) is 0 Å². The highest BCUT2D eigenvalue weighted by Gasteiger charge is 2.14. The molecule has 1 saturated heterocycles. The van der Waals surface area contributed by atoms with Crippen molar-refractivity contribution in [3.63, 3.8) is 0 Å². The molecule has 1 aromatic rings. The molecule has 0 spiro atoms. The zero-order chi connectivity index (χ0) is 15.8. The molecular weight excluding hydrogens is 487 g/mol. The van der Waals surface area contributed by atoms with Crippen molar-refractivity contribution >= 4 is 57.2 Å². The zero-order valence-corrected chi connectivity index (χ0v) is 18.7. The molecule has 2 N–H and O–H groups in total. The minimum absolute atomic E-state index is 0. The maximum absolute atomic E-state index is 4.28. The summed E-state index contributed by atoms with van der Waals surface area (Å²) in [5, 5.41) is 8.86. The van der Waals surface area contributed by atoms with Crippen molar-refractivity contribution in [2.24, 2.45) is 10.9 Å². The first-order valence-corrected chi connectivity index (χ1v) is 9.74. The van der Waals surface area contributed by atoms with Gasteiger partial charge in [-0.25, -0.2) is 0 Å². The third-order valence-electron chi connectivity index (χ3n) is 4.10. The predicted octanol–water partition coefficient (Wildman–Crippen LogP) is 3.92. The fourth-order valence-electron chi connectivity index (χ4n) is 2.63. The molecule has 7 heteroatoms. The van der Waals surface area contributed by atoms with E-state index in [1.165, 1.54) is 43.8 Å². The van der Waals surface area contributed by atoms with Gasteiger partial charge in [0.05, 0.1) is 6.54 Å². The van der Waals surface area contributed by atoms with E-state index in [-0.39, 0.29) is 24.0 Å². The number of piperidine rings is 1. The van der Waals surface area contributed by atoms with Crippen LogP contribution < -0.4 is 10.6 Å². The molecule has 0 aliphatic carbocycles. The summed E-state index contributed by atoms with van der Waals surface area (Å²) in [4.78, 5) is 8.17. The predicted molar refractivity (Wildman–Crippen MR) is 115 cm³/mol. The van der Waals surface area contributed by atoms with E-state index in [1.54, 1.807) is 11.3 Å². The second-order valence-electron chi connectivity index (χ2n) is 5.96. The number of halogens is 2. The van der Waals surface area contributed by atoms with Gasteiger partial charge in [-0.05, 0) is 66.8 Å². The molecule has 0 radical (unpaired) electrons. The second-order valence-corrected chi connectivity index (χ2v) is 7.87. The highest BCUT2D eigenvalue weighted by atomic mass is 127. The fourth-order valence-corrected chi connectivity index (χ4v) is 4.02. The summed E-state index contributed by atoms with van der Waals surface area (Å²) in [6, 6.07) is 2.14. The van der Waals surface area contributed by atoms with Crippen molar-refractivity contribution < 1.29 is 0 Å². The van der Waals surface area contributed by atoms with Crippen LogP contribution in [0.1, 0.15) is 31.1 Å². The quantitative estimate of drug-likeness (QED) is 0.261. The first-order valence-electron chi connectivity index (χ1n) is 8.07. The zero-order valence-electron chi connectivity index (χ0n) is 14.0. The van der Waals surface area contributed by atoms with Crippen LogP contribution in [0.25, 0.3) is 0 Å². The van der Waals surface area contributed by atoms with E-state index >= 15 is 0 Å². The van der Waals surface area contributed by atoms with Crippen molar-refractivity contribution in [3.8, 4) is 0 Å². The Kier molecular flexibility index (Phi) is 10.7. The molecule has 0 aromatic carbocycles. The minimum atomic E-state index is 0. The van der Waals surface area contributed by atoms with Crippen LogP contribution >= 0.6 is 51.2 Å². The van der Waals surface area contributed by atoms with Crippen LogP contribution in [0.4, 0.5) is 0 Å². The van der Waals surface area contributed by atoms with Crippen LogP contribution in [0.15, 0.2) is 20.9 Å². The first kappa shape index (κ1) is 21.2. The molecule has 1 aliphatic heterocycles. The lowest BCUT2D eigenvalue weighted by molar-refractivity contribution is 0.191. The van der Waals surface area contributed by atoms with E-state index in [1.807, 2.05) is 7.05 Å². The van der Waals surface area contributed by atoms with Crippen molar-refractivity contribution in [2.75, 3.05) is 33.2 Å². The molecule has 0 saturated carbocycles. The van der Waals surface area contributed by atoms with Crippen molar-refractivity contribution in [3.05, 3.63) is 20.8 Å². The standard InChI is InChI=1S/C16H27BrN4S.HI/c1-13-4-8-21(9-5-13)7-3-6-19-16(18-2)20-11-15-10-14(17)12-22-15;/h10,12-13H,3-9,11H2,1-2H3,(H2,18,19,20);1H. The van der Waals surface area contributed by atoms with Gasteiger partial charge in [-0.1, -0.05) is 6.92 Å². The Bertz CT molecular complexity index is 472. The van der Waals surface area contributed by atoms with Gasteiger partial charge in [-0.2, -0.15) is 0 Å².